The first-order valence-corrected chi connectivity index (χ1v) is 8.20. The van der Waals surface area contributed by atoms with Crippen molar-refractivity contribution >= 4 is 10.0 Å². The van der Waals surface area contributed by atoms with Gasteiger partial charge in [0.15, 0.2) is 0 Å². The SMILES string of the molecule is CN(C)C1CCCN(S(=O)(=O)c2ccc(CN)nc2)C1. The summed E-state index contributed by atoms with van der Waals surface area (Å²) >= 11 is 0. The maximum Gasteiger partial charge on any atom is 0.244 e. The zero-order chi connectivity index (χ0) is 14.8. The molecule has 1 aliphatic rings. The lowest BCUT2D eigenvalue weighted by atomic mass is 10.1. The van der Waals surface area contributed by atoms with Crippen LogP contribution in [0.15, 0.2) is 23.2 Å². The van der Waals surface area contributed by atoms with Crippen LogP contribution in [0.3, 0.4) is 0 Å². The Labute approximate surface area is 120 Å². The lowest BCUT2D eigenvalue weighted by molar-refractivity contribution is 0.190. The summed E-state index contributed by atoms with van der Waals surface area (Å²) in [5, 5.41) is 0. The van der Waals surface area contributed by atoms with E-state index < -0.39 is 10.0 Å². The molecule has 7 heteroatoms. The summed E-state index contributed by atoms with van der Waals surface area (Å²) in [6.07, 6.45) is 3.32. The van der Waals surface area contributed by atoms with Gasteiger partial charge in [0.05, 0.1) is 5.69 Å². The molecule has 1 unspecified atom stereocenters. The summed E-state index contributed by atoms with van der Waals surface area (Å²) in [4.78, 5) is 6.40. The molecule has 2 rings (SSSR count). The summed E-state index contributed by atoms with van der Waals surface area (Å²) in [5.41, 5.74) is 6.16. The molecule has 0 saturated carbocycles. The Hall–Kier alpha value is -1.02. The van der Waals surface area contributed by atoms with Crippen molar-refractivity contribution in [2.24, 2.45) is 5.73 Å². The van der Waals surface area contributed by atoms with Crippen molar-refractivity contribution in [1.29, 1.82) is 0 Å². The molecule has 0 aromatic carbocycles. The first-order chi connectivity index (χ1) is 9.45. The maximum atomic E-state index is 12.6. The Bertz CT molecular complexity index is 542. The quantitative estimate of drug-likeness (QED) is 0.862. The van der Waals surface area contributed by atoms with Gasteiger partial charge in [-0.05, 0) is 39.1 Å². The van der Waals surface area contributed by atoms with Gasteiger partial charge in [-0.3, -0.25) is 4.98 Å². The van der Waals surface area contributed by atoms with E-state index in [1.54, 1.807) is 16.4 Å². The molecule has 6 nitrogen and oxygen atoms in total. The molecule has 112 valence electrons. The molecular formula is C13H22N4O2S. The number of sulfonamides is 1. The van der Waals surface area contributed by atoms with E-state index in [4.69, 9.17) is 5.73 Å². The topological polar surface area (TPSA) is 79.5 Å². The normalized spacial score (nSPS) is 21.3. The zero-order valence-electron chi connectivity index (χ0n) is 12.0. The summed E-state index contributed by atoms with van der Waals surface area (Å²) in [6.45, 7) is 1.42. The molecule has 1 aliphatic heterocycles. The minimum atomic E-state index is -3.45. The van der Waals surface area contributed by atoms with Gasteiger partial charge in [0, 0.05) is 31.9 Å². The van der Waals surface area contributed by atoms with Gasteiger partial charge in [0.2, 0.25) is 10.0 Å². The fourth-order valence-corrected chi connectivity index (χ4v) is 3.86. The third-order valence-electron chi connectivity index (χ3n) is 3.73. The first-order valence-electron chi connectivity index (χ1n) is 6.76. The molecule has 0 amide bonds. The van der Waals surface area contributed by atoms with Gasteiger partial charge in [0.1, 0.15) is 4.90 Å². The molecule has 1 aromatic heterocycles. The van der Waals surface area contributed by atoms with Gasteiger partial charge in [0.25, 0.3) is 0 Å². The predicted molar refractivity (Wildman–Crippen MR) is 77.6 cm³/mol. The van der Waals surface area contributed by atoms with E-state index in [-0.39, 0.29) is 10.9 Å². The predicted octanol–water partition coefficient (Wildman–Crippen LogP) is 0.255. The molecule has 0 radical (unpaired) electrons. The van der Waals surface area contributed by atoms with Crippen molar-refractivity contribution in [3.8, 4) is 0 Å². The van der Waals surface area contributed by atoms with E-state index in [0.717, 1.165) is 12.8 Å². The number of aromatic nitrogens is 1. The molecule has 1 atom stereocenters. The van der Waals surface area contributed by atoms with Crippen LogP contribution in [0, 0.1) is 0 Å². The van der Waals surface area contributed by atoms with Gasteiger partial charge < -0.3 is 10.6 Å². The lowest BCUT2D eigenvalue weighted by Crippen LogP contribution is -2.47. The Morgan fingerprint density at radius 1 is 1.45 bits per heavy atom. The van der Waals surface area contributed by atoms with Gasteiger partial charge in [-0.25, -0.2) is 8.42 Å². The van der Waals surface area contributed by atoms with Gasteiger partial charge in [-0.1, -0.05) is 0 Å². The van der Waals surface area contributed by atoms with Crippen molar-refractivity contribution < 1.29 is 8.42 Å². The molecule has 0 spiro atoms. The molecule has 0 aliphatic carbocycles. The average molecular weight is 298 g/mol. The molecule has 1 saturated heterocycles. The van der Waals surface area contributed by atoms with E-state index in [9.17, 15) is 8.42 Å². The Morgan fingerprint density at radius 2 is 2.20 bits per heavy atom. The number of likely N-dealkylation sites (N-methyl/N-ethyl adjacent to an activating group) is 1. The zero-order valence-corrected chi connectivity index (χ0v) is 12.8. The molecular weight excluding hydrogens is 276 g/mol. The van der Waals surface area contributed by atoms with Crippen molar-refractivity contribution in [2.45, 2.75) is 30.3 Å². The Morgan fingerprint density at radius 3 is 2.75 bits per heavy atom. The van der Waals surface area contributed by atoms with Crippen molar-refractivity contribution in [3.05, 3.63) is 24.0 Å². The van der Waals surface area contributed by atoms with E-state index in [2.05, 4.69) is 9.88 Å². The van der Waals surface area contributed by atoms with Crippen LogP contribution in [0.4, 0.5) is 0 Å². The number of piperidine rings is 1. The molecule has 1 aromatic rings. The van der Waals surface area contributed by atoms with Crippen LogP contribution in [0.2, 0.25) is 0 Å². The minimum absolute atomic E-state index is 0.245. The number of nitrogens with two attached hydrogens (primary N) is 1. The van der Waals surface area contributed by atoms with E-state index >= 15 is 0 Å². The highest BCUT2D eigenvalue weighted by molar-refractivity contribution is 7.89. The standard InChI is InChI=1S/C13H22N4O2S/c1-16(2)12-4-3-7-17(10-12)20(18,19)13-6-5-11(8-14)15-9-13/h5-6,9,12H,3-4,7-8,10,14H2,1-2H3. The summed E-state index contributed by atoms with van der Waals surface area (Å²) < 4.78 is 26.7. The largest absolute Gasteiger partial charge is 0.325 e. The van der Waals surface area contributed by atoms with Crippen LogP contribution in [0.5, 0.6) is 0 Å². The summed E-state index contributed by atoms with van der Waals surface area (Å²) in [6, 6.07) is 3.53. The third-order valence-corrected chi connectivity index (χ3v) is 5.58. The van der Waals surface area contributed by atoms with Gasteiger partial charge in [-0.2, -0.15) is 4.31 Å². The monoisotopic (exact) mass is 298 g/mol. The number of pyridine rings is 1. The first kappa shape index (κ1) is 15.4. The second-order valence-corrected chi connectivity index (χ2v) is 7.25. The van der Waals surface area contributed by atoms with Gasteiger partial charge in [-0.15, -0.1) is 0 Å². The molecule has 1 fully saturated rings. The second kappa shape index (κ2) is 6.17. The van der Waals surface area contributed by atoms with Crippen LogP contribution in [0.1, 0.15) is 18.5 Å². The van der Waals surface area contributed by atoms with Crippen LogP contribution in [-0.2, 0) is 16.6 Å². The summed E-state index contributed by atoms with van der Waals surface area (Å²) in [5.74, 6) is 0. The molecule has 2 heterocycles. The Balaban J connectivity index is 2.20. The van der Waals surface area contributed by atoms with E-state index in [0.29, 0.717) is 25.3 Å². The average Bonchev–Trinajstić information content (AvgIpc) is 2.47. The smallest absolute Gasteiger partial charge is 0.244 e. The lowest BCUT2D eigenvalue weighted by Gasteiger charge is -2.35. The van der Waals surface area contributed by atoms with Crippen molar-refractivity contribution in [2.75, 3.05) is 27.2 Å². The third kappa shape index (κ3) is 3.17. The number of hydrogen-bond donors (Lipinski definition) is 1. The second-order valence-electron chi connectivity index (χ2n) is 5.31. The molecule has 0 bridgehead atoms. The molecule has 2 N–H and O–H groups in total. The van der Waals surface area contributed by atoms with E-state index in [1.807, 2.05) is 14.1 Å². The van der Waals surface area contributed by atoms with Crippen LogP contribution in [0.25, 0.3) is 0 Å². The number of hydrogen-bond acceptors (Lipinski definition) is 5. The Kier molecular flexibility index (Phi) is 4.74. The van der Waals surface area contributed by atoms with Crippen molar-refractivity contribution in [3.63, 3.8) is 0 Å². The summed E-state index contributed by atoms with van der Waals surface area (Å²) in [7, 11) is 0.519. The maximum absolute atomic E-state index is 12.6. The van der Waals surface area contributed by atoms with E-state index in [1.165, 1.54) is 6.20 Å². The number of nitrogens with zero attached hydrogens (tertiary/aromatic N) is 3. The van der Waals surface area contributed by atoms with Gasteiger partial charge >= 0.3 is 0 Å². The van der Waals surface area contributed by atoms with Crippen LogP contribution < -0.4 is 5.73 Å². The fraction of sp³-hybridized carbons (Fsp3) is 0.615. The van der Waals surface area contributed by atoms with Crippen molar-refractivity contribution in [1.82, 2.24) is 14.2 Å². The van der Waals surface area contributed by atoms with Crippen LogP contribution in [-0.4, -0.2) is 55.8 Å². The minimum Gasteiger partial charge on any atom is -0.325 e. The molecule has 20 heavy (non-hydrogen) atoms. The fourth-order valence-electron chi connectivity index (χ4n) is 2.39. The number of rotatable bonds is 4. The highest BCUT2D eigenvalue weighted by Crippen LogP contribution is 2.21. The highest BCUT2D eigenvalue weighted by Gasteiger charge is 2.31. The van der Waals surface area contributed by atoms with Crippen LogP contribution >= 0.6 is 0 Å². The highest BCUT2D eigenvalue weighted by atomic mass is 32.2.